The summed E-state index contributed by atoms with van der Waals surface area (Å²) in [5, 5.41) is 15.3. The van der Waals surface area contributed by atoms with Crippen LogP contribution < -0.4 is 10.6 Å². The monoisotopic (exact) mass is 242 g/mol. The van der Waals surface area contributed by atoms with Crippen molar-refractivity contribution in [2.24, 2.45) is 10.8 Å². The Kier molecular flexibility index (Phi) is 4.95. The molecule has 3 N–H and O–H groups in total. The summed E-state index contributed by atoms with van der Waals surface area (Å²) in [4.78, 5) is 12.2. The van der Waals surface area contributed by atoms with Crippen LogP contribution in [-0.2, 0) is 4.79 Å². The summed E-state index contributed by atoms with van der Waals surface area (Å²) in [5.74, 6) is 0.163. The van der Waals surface area contributed by atoms with E-state index < -0.39 is 0 Å². The highest BCUT2D eigenvalue weighted by Crippen LogP contribution is 2.30. The number of carbonyl (C=O) groups is 1. The largest absolute Gasteiger partial charge is 0.396 e. The number of hydrogen-bond donors (Lipinski definition) is 3. The molecule has 0 aliphatic carbocycles. The smallest absolute Gasteiger partial charge is 0.227 e. The highest BCUT2D eigenvalue weighted by Gasteiger charge is 2.39. The minimum atomic E-state index is -0.213. The maximum atomic E-state index is 12.2. The van der Waals surface area contributed by atoms with Gasteiger partial charge in [-0.3, -0.25) is 4.79 Å². The summed E-state index contributed by atoms with van der Waals surface area (Å²) in [6, 6.07) is 0. The van der Waals surface area contributed by atoms with Crippen LogP contribution >= 0.6 is 0 Å². The summed E-state index contributed by atoms with van der Waals surface area (Å²) in [7, 11) is 0. The summed E-state index contributed by atoms with van der Waals surface area (Å²) >= 11 is 0. The molecule has 0 aromatic carbocycles. The van der Waals surface area contributed by atoms with E-state index in [2.05, 4.69) is 31.4 Å². The van der Waals surface area contributed by atoms with Crippen molar-refractivity contribution in [3.63, 3.8) is 0 Å². The van der Waals surface area contributed by atoms with Crippen molar-refractivity contribution in [3.8, 4) is 0 Å². The fourth-order valence-corrected chi connectivity index (χ4v) is 2.30. The Labute approximate surface area is 104 Å². The van der Waals surface area contributed by atoms with Crippen LogP contribution in [0.1, 0.15) is 40.0 Å². The number of hydrogen-bond acceptors (Lipinski definition) is 3. The molecule has 1 saturated heterocycles. The molecule has 1 unspecified atom stereocenters. The van der Waals surface area contributed by atoms with Crippen molar-refractivity contribution in [3.05, 3.63) is 0 Å². The average molecular weight is 242 g/mol. The first kappa shape index (κ1) is 14.5. The van der Waals surface area contributed by atoms with Crippen LogP contribution in [0.5, 0.6) is 0 Å². The van der Waals surface area contributed by atoms with Crippen molar-refractivity contribution >= 4 is 5.91 Å². The number of carbonyl (C=O) groups excluding carboxylic acids is 1. The quantitative estimate of drug-likeness (QED) is 0.648. The second-order valence-electron chi connectivity index (χ2n) is 5.88. The van der Waals surface area contributed by atoms with E-state index in [1.54, 1.807) is 0 Å². The highest BCUT2D eigenvalue weighted by atomic mass is 16.3. The van der Waals surface area contributed by atoms with Gasteiger partial charge in [-0.2, -0.15) is 0 Å². The summed E-state index contributed by atoms with van der Waals surface area (Å²) in [5.41, 5.74) is -0.249. The molecule has 1 rings (SSSR count). The van der Waals surface area contributed by atoms with E-state index in [1.165, 1.54) is 0 Å². The minimum Gasteiger partial charge on any atom is -0.396 e. The van der Waals surface area contributed by atoms with Crippen molar-refractivity contribution in [2.75, 3.05) is 26.2 Å². The maximum Gasteiger partial charge on any atom is 0.227 e. The van der Waals surface area contributed by atoms with E-state index in [9.17, 15) is 4.79 Å². The van der Waals surface area contributed by atoms with Gasteiger partial charge < -0.3 is 15.7 Å². The normalized spacial score (nSPS) is 24.9. The third-order valence-corrected chi connectivity index (χ3v) is 3.92. The van der Waals surface area contributed by atoms with E-state index in [4.69, 9.17) is 5.11 Å². The summed E-state index contributed by atoms with van der Waals surface area (Å²) in [6.45, 7) is 8.73. The highest BCUT2D eigenvalue weighted by molar-refractivity contribution is 5.83. The van der Waals surface area contributed by atoms with E-state index >= 15 is 0 Å². The van der Waals surface area contributed by atoms with Crippen molar-refractivity contribution < 1.29 is 9.90 Å². The Balaban J connectivity index is 2.48. The first-order chi connectivity index (χ1) is 7.96. The Hall–Kier alpha value is -0.610. The molecule has 1 aliphatic heterocycles. The molecule has 1 aliphatic rings. The average Bonchev–Trinajstić information content (AvgIpc) is 2.75. The van der Waals surface area contributed by atoms with Gasteiger partial charge in [-0.1, -0.05) is 20.8 Å². The van der Waals surface area contributed by atoms with Gasteiger partial charge in [0.05, 0.1) is 5.41 Å². The zero-order chi connectivity index (χ0) is 12.9. The van der Waals surface area contributed by atoms with Gasteiger partial charge in [0, 0.05) is 19.7 Å². The second-order valence-corrected chi connectivity index (χ2v) is 5.88. The number of aliphatic hydroxyl groups excluding tert-OH is 1. The molecule has 0 aromatic heterocycles. The van der Waals surface area contributed by atoms with E-state index in [0.717, 1.165) is 25.9 Å². The Morgan fingerprint density at radius 1 is 1.53 bits per heavy atom. The lowest BCUT2D eigenvalue weighted by molar-refractivity contribution is -0.130. The summed E-state index contributed by atoms with van der Waals surface area (Å²) in [6.07, 6.45) is 2.52. The van der Waals surface area contributed by atoms with Gasteiger partial charge in [-0.05, 0) is 31.2 Å². The molecule has 0 saturated carbocycles. The van der Waals surface area contributed by atoms with Crippen molar-refractivity contribution in [1.29, 1.82) is 0 Å². The van der Waals surface area contributed by atoms with Gasteiger partial charge in [0.2, 0.25) is 5.91 Å². The van der Waals surface area contributed by atoms with Crippen molar-refractivity contribution in [1.82, 2.24) is 10.6 Å². The zero-order valence-corrected chi connectivity index (χ0v) is 11.3. The van der Waals surface area contributed by atoms with Crippen LogP contribution in [-0.4, -0.2) is 37.3 Å². The standard InChI is InChI=1S/C13H26N2O2/c1-4-13(5-7-14-10-13)11(17)15-9-12(2,3)6-8-16/h14,16H,4-10H2,1-3H3,(H,15,17). The first-order valence-corrected chi connectivity index (χ1v) is 6.56. The molecule has 1 amide bonds. The predicted molar refractivity (Wildman–Crippen MR) is 68.7 cm³/mol. The number of aliphatic hydroxyl groups is 1. The van der Waals surface area contributed by atoms with Gasteiger partial charge in [0.15, 0.2) is 0 Å². The van der Waals surface area contributed by atoms with Gasteiger partial charge in [0.25, 0.3) is 0 Å². The van der Waals surface area contributed by atoms with Crippen LogP contribution in [0.25, 0.3) is 0 Å². The van der Waals surface area contributed by atoms with Crippen LogP contribution in [0.3, 0.4) is 0 Å². The summed E-state index contributed by atoms with van der Waals surface area (Å²) < 4.78 is 0. The third kappa shape index (κ3) is 3.68. The topological polar surface area (TPSA) is 61.4 Å². The third-order valence-electron chi connectivity index (χ3n) is 3.92. The van der Waals surface area contributed by atoms with E-state index in [0.29, 0.717) is 13.0 Å². The molecule has 1 fully saturated rings. The molecule has 0 radical (unpaired) electrons. The number of nitrogens with one attached hydrogen (secondary N) is 2. The molecule has 0 bridgehead atoms. The van der Waals surface area contributed by atoms with Gasteiger partial charge in [-0.25, -0.2) is 0 Å². The minimum absolute atomic E-state index is 0.0363. The lowest BCUT2D eigenvalue weighted by Gasteiger charge is -2.29. The fourth-order valence-electron chi connectivity index (χ4n) is 2.30. The fraction of sp³-hybridized carbons (Fsp3) is 0.923. The molecule has 100 valence electrons. The molecule has 0 spiro atoms. The number of rotatable bonds is 6. The lowest BCUT2D eigenvalue weighted by Crippen LogP contribution is -2.45. The van der Waals surface area contributed by atoms with Gasteiger partial charge in [0.1, 0.15) is 0 Å². The van der Waals surface area contributed by atoms with Gasteiger partial charge >= 0.3 is 0 Å². The molecule has 1 heterocycles. The molecule has 1 atom stereocenters. The molecule has 17 heavy (non-hydrogen) atoms. The molecular formula is C13H26N2O2. The Morgan fingerprint density at radius 3 is 2.71 bits per heavy atom. The lowest BCUT2D eigenvalue weighted by atomic mass is 9.82. The maximum absolute atomic E-state index is 12.2. The van der Waals surface area contributed by atoms with Crippen LogP contribution in [0.15, 0.2) is 0 Å². The Bertz CT molecular complexity index is 258. The second kappa shape index (κ2) is 5.83. The first-order valence-electron chi connectivity index (χ1n) is 6.56. The predicted octanol–water partition coefficient (Wildman–Crippen LogP) is 0.901. The van der Waals surface area contributed by atoms with Gasteiger partial charge in [-0.15, -0.1) is 0 Å². The van der Waals surface area contributed by atoms with E-state index in [1.807, 2.05) is 0 Å². The molecule has 0 aromatic rings. The number of amides is 1. The zero-order valence-electron chi connectivity index (χ0n) is 11.3. The van der Waals surface area contributed by atoms with Crippen LogP contribution in [0, 0.1) is 10.8 Å². The Morgan fingerprint density at radius 2 is 2.24 bits per heavy atom. The molecule has 4 nitrogen and oxygen atoms in total. The van der Waals surface area contributed by atoms with Crippen LogP contribution in [0.2, 0.25) is 0 Å². The molecule has 4 heteroatoms. The van der Waals surface area contributed by atoms with Crippen LogP contribution in [0.4, 0.5) is 0 Å². The molecular weight excluding hydrogens is 216 g/mol. The van der Waals surface area contributed by atoms with E-state index in [-0.39, 0.29) is 23.3 Å². The SMILES string of the molecule is CCC1(C(=O)NCC(C)(C)CCO)CCNC1. The van der Waals surface area contributed by atoms with Crippen molar-refractivity contribution in [2.45, 2.75) is 40.0 Å².